The van der Waals surface area contributed by atoms with Crippen LogP contribution in [0.2, 0.25) is 0 Å². The molecule has 2 aromatic rings. The Morgan fingerprint density at radius 3 is 2.39 bits per heavy atom. The number of amides is 2. The first kappa shape index (κ1) is 23.2. The Labute approximate surface area is 196 Å². The lowest BCUT2D eigenvalue weighted by atomic mass is 10.0. The van der Waals surface area contributed by atoms with Gasteiger partial charge in [0.1, 0.15) is 11.3 Å². The summed E-state index contributed by atoms with van der Waals surface area (Å²) in [7, 11) is 0. The Morgan fingerprint density at radius 1 is 1.00 bits per heavy atom. The quantitative estimate of drug-likeness (QED) is 0.721. The molecule has 0 unspecified atom stereocenters. The molecule has 2 amide bonds. The van der Waals surface area contributed by atoms with Gasteiger partial charge in [-0.25, -0.2) is 4.79 Å². The molecule has 2 aliphatic rings. The SMILES string of the molecule is CC(C)(C)OC(=O)N1CCC(n2cccc2C(=O)NCc2ccccc2N2CCCC2)CC1. The van der Waals surface area contributed by atoms with E-state index in [9.17, 15) is 9.59 Å². The normalized spacial score (nSPS) is 17.3. The van der Waals surface area contributed by atoms with Gasteiger partial charge in [0, 0.05) is 50.6 Å². The van der Waals surface area contributed by atoms with E-state index < -0.39 is 5.60 Å². The zero-order valence-corrected chi connectivity index (χ0v) is 20.0. The van der Waals surface area contributed by atoms with Crippen molar-refractivity contribution in [2.45, 2.75) is 64.6 Å². The fourth-order valence-electron chi connectivity index (χ4n) is 4.75. The van der Waals surface area contributed by atoms with Crippen LogP contribution in [0.1, 0.15) is 68.5 Å². The molecule has 7 heteroatoms. The number of anilines is 1. The Bertz CT molecular complexity index is 964. The summed E-state index contributed by atoms with van der Waals surface area (Å²) in [5.74, 6) is -0.0641. The van der Waals surface area contributed by atoms with Crippen LogP contribution in [0.3, 0.4) is 0 Å². The number of piperidine rings is 1. The van der Waals surface area contributed by atoms with Gasteiger partial charge in [0.25, 0.3) is 5.91 Å². The van der Waals surface area contributed by atoms with Crippen molar-refractivity contribution < 1.29 is 14.3 Å². The van der Waals surface area contributed by atoms with Gasteiger partial charge < -0.3 is 24.4 Å². The summed E-state index contributed by atoms with van der Waals surface area (Å²) in [6.45, 7) is 9.56. The molecule has 4 rings (SSSR count). The molecule has 178 valence electrons. The molecule has 0 atom stereocenters. The van der Waals surface area contributed by atoms with E-state index in [0.29, 0.717) is 25.3 Å². The Balaban J connectivity index is 1.36. The number of hydrogen-bond donors (Lipinski definition) is 1. The summed E-state index contributed by atoms with van der Waals surface area (Å²) in [6.07, 6.45) is 5.75. The molecule has 0 radical (unpaired) electrons. The van der Waals surface area contributed by atoms with Crippen LogP contribution >= 0.6 is 0 Å². The molecule has 2 fully saturated rings. The molecule has 2 saturated heterocycles. The Kier molecular flexibility index (Phi) is 6.96. The third kappa shape index (κ3) is 5.70. The predicted octanol–water partition coefficient (Wildman–Crippen LogP) is 4.59. The molecule has 1 aromatic heterocycles. The second kappa shape index (κ2) is 9.89. The van der Waals surface area contributed by atoms with Crippen LogP contribution in [0.5, 0.6) is 0 Å². The maximum Gasteiger partial charge on any atom is 0.410 e. The van der Waals surface area contributed by atoms with Crippen LogP contribution in [-0.4, -0.2) is 53.2 Å². The largest absolute Gasteiger partial charge is 0.444 e. The maximum atomic E-state index is 13.1. The van der Waals surface area contributed by atoms with Crippen molar-refractivity contribution in [2.75, 3.05) is 31.1 Å². The molecule has 2 aliphatic heterocycles. The van der Waals surface area contributed by atoms with Crippen molar-refractivity contribution in [3.63, 3.8) is 0 Å². The number of carbonyl (C=O) groups excluding carboxylic acids is 2. The number of nitrogens with zero attached hydrogens (tertiary/aromatic N) is 3. The van der Waals surface area contributed by atoms with Gasteiger partial charge in [0.15, 0.2) is 0 Å². The van der Waals surface area contributed by atoms with E-state index in [2.05, 4.69) is 33.0 Å². The lowest BCUT2D eigenvalue weighted by Gasteiger charge is -2.34. The molecule has 33 heavy (non-hydrogen) atoms. The topological polar surface area (TPSA) is 66.8 Å². The van der Waals surface area contributed by atoms with Crippen molar-refractivity contribution in [3.05, 3.63) is 53.9 Å². The lowest BCUT2D eigenvalue weighted by molar-refractivity contribution is 0.0187. The number of rotatable bonds is 5. The lowest BCUT2D eigenvalue weighted by Crippen LogP contribution is -2.42. The number of benzene rings is 1. The van der Waals surface area contributed by atoms with Crippen molar-refractivity contribution >= 4 is 17.7 Å². The molecule has 0 aliphatic carbocycles. The van der Waals surface area contributed by atoms with Crippen molar-refractivity contribution in [1.29, 1.82) is 0 Å². The van der Waals surface area contributed by atoms with Crippen LogP contribution in [0.4, 0.5) is 10.5 Å². The summed E-state index contributed by atoms with van der Waals surface area (Å²) in [5.41, 5.74) is 2.55. The molecule has 7 nitrogen and oxygen atoms in total. The van der Waals surface area contributed by atoms with Crippen LogP contribution in [0, 0.1) is 0 Å². The molecule has 0 bridgehead atoms. The Morgan fingerprint density at radius 2 is 1.70 bits per heavy atom. The minimum atomic E-state index is -0.493. The molecule has 0 spiro atoms. The summed E-state index contributed by atoms with van der Waals surface area (Å²) < 4.78 is 7.56. The van der Waals surface area contributed by atoms with Crippen LogP contribution in [0.15, 0.2) is 42.6 Å². The van der Waals surface area contributed by atoms with Crippen molar-refractivity contribution in [1.82, 2.24) is 14.8 Å². The molecule has 0 saturated carbocycles. The van der Waals surface area contributed by atoms with E-state index in [0.717, 1.165) is 31.5 Å². The van der Waals surface area contributed by atoms with Gasteiger partial charge >= 0.3 is 6.09 Å². The first-order valence-electron chi connectivity index (χ1n) is 12.1. The number of carbonyl (C=O) groups is 2. The molecule has 1 N–H and O–H groups in total. The highest BCUT2D eigenvalue weighted by Crippen LogP contribution is 2.27. The van der Waals surface area contributed by atoms with E-state index in [1.54, 1.807) is 4.90 Å². The van der Waals surface area contributed by atoms with Crippen LogP contribution < -0.4 is 10.2 Å². The van der Waals surface area contributed by atoms with Gasteiger partial charge in [-0.05, 0) is 70.2 Å². The van der Waals surface area contributed by atoms with Gasteiger partial charge in [-0.15, -0.1) is 0 Å². The van der Waals surface area contributed by atoms with Crippen LogP contribution in [-0.2, 0) is 11.3 Å². The minimum Gasteiger partial charge on any atom is -0.444 e. The summed E-state index contributed by atoms with van der Waals surface area (Å²) in [6, 6.07) is 12.3. The third-order valence-corrected chi connectivity index (χ3v) is 6.40. The average molecular weight is 453 g/mol. The van der Waals surface area contributed by atoms with E-state index >= 15 is 0 Å². The molecule has 3 heterocycles. The third-order valence-electron chi connectivity index (χ3n) is 6.40. The van der Waals surface area contributed by atoms with E-state index in [-0.39, 0.29) is 18.0 Å². The standard InChI is InChI=1S/C26H36N4O3/c1-26(2,3)33-25(32)29-17-12-21(13-18-29)30-16-8-11-23(30)24(31)27-19-20-9-4-5-10-22(20)28-14-6-7-15-28/h4-5,8-11,16,21H,6-7,12-15,17-19H2,1-3H3,(H,27,31). The minimum absolute atomic E-state index is 0.0641. The fraction of sp³-hybridized carbons (Fsp3) is 0.538. The summed E-state index contributed by atoms with van der Waals surface area (Å²) in [4.78, 5) is 29.6. The number of likely N-dealkylation sites (tertiary alicyclic amines) is 1. The highest BCUT2D eigenvalue weighted by atomic mass is 16.6. The van der Waals surface area contributed by atoms with Gasteiger partial charge in [-0.1, -0.05) is 18.2 Å². The highest BCUT2D eigenvalue weighted by Gasteiger charge is 2.28. The first-order valence-corrected chi connectivity index (χ1v) is 12.1. The smallest absolute Gasteiger partial charge is 0.410 e. The maximum absolute atomic E-state index is 13.1. The first-order chi connectivity index (χ1) is 15.8. The zero-order chi connectivity index (χ0) is 23.4. The van der Waals surface area contributed by atoms with Crippen molar-refractivity contribution in [3.8, 4) is 0 Å². The molecular weight excluding hydrogens is 416 g/mol. The zero-order valence-electron chi connectivity index (χ0n) is 20.0. The molecular formula is C26H36N4O3. The second-order valence-electron chi connectivity index (χ2n) is 10.0. The summed E-state index contributed by atoms with van der Waals surface area (Å²) in [5, 5.41) is 3.13. The molecule has 1 aromatic carbocycles. The van der Waals surface area contributed by atoms with Gasteiger partial charge in [0.2, 0.25) is 0 Å². The van der Waals surface area contributed by atoms with Gasteiger partial charge in [-0.2, -0.15) is 0 Å². The van der Waals surface area contributed by atoms with Crippen LogP contribution in [0.25, 0.3) is 0 Å². The number of aromatic nitrogens is 1. The number of nitrogens with one attached hydrogen (secondary N) is 1. The van der Waals surface area contributed by atoms with E-state index in [4.69, 9.17) is 4.74 Å². The second-order valence-corrected chi connectivity index (χ2v) is 10.0. The fourth-order valence-corrected chi connectivity index (χ4v) is 4.75. The Hall–Kier alpha value is -2.96. The van der Waals surface area contributed by atoms with E-state index in [1.807, 2.05) is 45.2 Å². The number of ether oxygens (including phenoxy) is 1. The van der Waals surface area contributed by atoms with Crippen molar-refractivity contribution in [2.24, 2.45) is 0 Å². The summed E-state index contributed by atoms with van der Waals surface area (Å²) >= 11 is 0. The van der Waals surface area contributed by atoms with E-state index in [1.165, 1.54) is 18.5 Å². The predicted molar refractivity (Wildman–Crippen MR) is 130 cm³/mol. The number of para-hydroxylation sites is 1. The average Bonchev–Trinajstić information content (AvgIpc) is 3.49. The number of hydrogen-bond acceptors (Lipinski definition) is 4. The highest BCUT2D eigenvalue weighted by molar-refractivity contribution is 5.92. The monoisotopic (exact) mass is 452 g/mol. The van der Waals surface area contributed by atoms with Gasteiger partial charge in [0.05, 0.1) is 0 Å². The van der Waals surface area contributed by atoms with Gasteiger partial charge in [-0.3, -0.25) is 4.79 Å².